The van der Waals surface area contributed by atoms with Crippen LogP contribution in [0.1, 0.15) is 43.6 Å². The van der Waals surface area contributed by atoms with Gasteiger partial charge in [0.2, 0.25) is 5.91 Å². The number of amides is 1. The standard InChI is InChI=1S/C22H26N4O2/c1-2-20-23-8-10-26(20)9-7-21(28)25-22(16-12-18(27)13-16)17-11-15-5-3-4-6-19(15)24-14-17/h3-6,8,10-11,14,16,18,22,27H,2,7,9,12-13H2,1H3,(H,25,28)/t16?,18?,22-/m0/s1. The minimum atomic E-state index is -0.268. The summed E-state index contributed by atoms with van der Waals surface area (Å²) in [7, 11) is 0. The number of hydrogen-bond acceptors (Lipinski definition) is 4. The Morgan fingerprint density at radius 2 is 2.14 bits per heavy atom. The number of aryl methyl sites for hydroxylation is 2. The molecule has 0 aliphatic heterocycles. The second-order valence-corrected chi connectivity index (χ2v) is 7.53. The predicted molar refractivity (Wildman–Crippen MR) is 108 cm³/mol. The van der Waals surface area contributed by atoms with E-state index in [-0.39, 0.29) is 24.0 Å². The number of aliphatic hydroxyl groups excluding tert-OH is 1. The van der Waals surface area contributed by atoms with Crippen molar-refractivity contribution in [2.45, 2.75) is 51.3 Å². The molecule has 3 aromatic rings. The Morgan fingerprint density at radius 3 is 2.93 bits per heavy atom. The van der Waals surface area contributed by atoms with Gasteiger partial charge in [0.15, 0.2) is 0 Å². The number of benzene rings is 1. The Kier molecular flexibility index (Phi) is 5.39. The number of carbonyl (C=O) groups excluding carboxylic acids is 1. The molecule has 1 fully saturated rings. The van der Waals surface area contributed by atoms with Gasteiger partial charge in [0.25, 0.3) is 0 Å². The van der Waals surface area contributed by atoms with Crippen LogP contribution in [0.15, 0.2) is 48.9 Å². The first kappa shape index (κ1) is 18.6. The van der Waals surface area contributed by atoms with E-state index in [9.17, 15) is 9.90 Å². The summed E-state index contributed by atoms with van der Waals surface area (Å²) in [4.78, 5) is 21.5. The van der Waals surface area contributed by atoms with Crippen LogP contribution in [0, 0.1) is 5.92 Å². The van der Waals surface area contributed by atoms with Crippen molar-refractivity contribution in [3.05, 3.63) is 60.3 Å². The lowest BCUT2D eigenvalue weighted by Gasteiger charge is -2.38. The summed E-state index contributed by atoms with van der Waals surface area (Å²) in [6, 6.07) is 9.95. The van der Waals surface area contributed by atoms with E-state index in [1.54, 1.807) is 6.20 Å². The number of rotatable bonds is 7. The van der Waals surface area contributed by atoms with E-state index in [4.69, 9.17) is 0 Å². The van der Waals surface area contributed by atoms with Gasteiger partial charge in [0, 0.05) is 43.4 Å². The zero-order valence-corrected chi connectivity index (χ0v) is 16.1. The van der Waals surface area contributed by atoms with Gasteiger partial charge in [-0.15, -0.1) is 0 Å². The molecule has 1 saturated carbocycles. The van der Waals surface area contributed by atoms with Crippen molar-refractivity contribution in [2.24, 2.45) is 5.92 Å². The summed E-state index contributed by atoms with van der Waals surface area (Å²) in [6.07, 6.45) is 7.93. The first-order valence-corrected chi connectivity index (χ1v) is 9.96. The lowest BCUT2D eigenvalue weighted by molar-refractivity contribution is -0.123. The minimum Gasteiger partial charge on any atom is -0.393 e. The number of carbonyl (C=O) groups is 1. The highest BCUT2D eigenvalue weighted by atomic mass is 16.3. The van der Waals surface area contributed by atoms with Crippen molar-refractivity contribution in [2.75, 3.05) is 0 Å². The van der Waals surface area contributed by atoms with Crippen LogP contribution < -0.4 is 5.32 Å². The van der Waals surface area contributed by atoms with Crippen molar-refractivity contribution in [3.8, 4) is 0 Å². The van der Waals surface area contributed by atoms with Gasteiger partial charge >= 0.3 is 0 Å². The number of nitrogens with zero attached hydrogens (tertiary/aromatic N) is 3. The molecule has 0 saturated heterocycles. The summed E-state index contributed by atoms with van der Waals surface area (Å²) in [6.45, 7) is 2.68. The monoisotopic (exact) mass is 378 g/mol. The third-order valence-corrected chi connectivity index (χ3v) is 5.61. The molecule has 1 aliphatic rings. The zero-order chi connectivity index (χ0) is 19.5. The van der Waals surface area contributed by atoms with Gasteiger partial charge in [-0.2, -0.15) is 0 Å². The number of aliphatic hydroxyl groups is 1. The number of imidazole rings is 1. The molecule has 2 heterocycles. The lowest BCUT2D eigenvalue weighted by atomic mass is 9.75. The van der Waals surface area contributed by atoms with Crippen molar-refractivity contribution in [1.82, 2.24) is 19.9 Å². The fourth-order valence-electron chi connectivity index (χ4n) is 3.96. The molecular formula is C22H26N4O2. The fraction of sp³-hybridized carbons (Fsp3) is 0.409. The smallest absolute Gasteiger partial charge is 0.222 e. The maximum Gasteiger partial charge on any atom is 0.222 e. The van der Waals surface area contributed by atoms with E-state index in [1.807, 2.05) is 41.2 Å². The van der Waals surface area contributed by atoms with Gasteiger partial charge in [-0.1, -0.05) is 25.1 Å². The number of fused-ring (bicyclic) bond motifs is 1. The van der Waals surface area contributed by atoms with Crippen LogP contribution in [0.5, 0.6) is 0 Å². The molecule has 1 amide bonds. The Morgan fingerprint density at radius 1 is 1.32 bits per heavy atom. The first-order valence-electron chi connectivity index (χ1n) is 9.96. The number of hydrogen-bond donors (Lipinski definition) is 2. The van der Waals surface area contributed by atoms with E-state index >= 15 is 0 Å². The number of pyridine rings is 1. The highest BCUT2D eigenvalue weighted by Crippen LogP contribution is 2.38. The van der Waals surface area contributed by atoms with Crippen LogP contribution in [-0.4, -0.2) is 31.7 Å². The number of aromatic nitrogens is 3. The Bertz CT molecular complexity index is 962. The normalized spacial score (nSPS) is 19.9. The zero-order valence-electron chi connectivity index (χ0n) is 16.1. The molecule has 0 unspecified atom stereocenters. The molecule has 2 N–H and O–H groups in total. The van der Waals surface area contributed by atoms with Gasteiger partial charge in [-0.25, -0.2) is 4.98 Å². The summed E-state index contributed by atoms with van der Waals surface area (Å²) < 4.78 is 2.03. The maximum absolute atomic E-state index is 12.7. The number of para-hydroxylation sites is 1. The molecule has 28 heavy (non-hydrogen) atoms. The van der Waals surface area contributed by atoms with E-state index in [2.05, 4.69) is 28.3 Å². The van der Waals surface area contributed by atoms with Gasteiger partial charge in [0.1, 0.15) is 5.82 Å². The summed E-state index contributed by atoms with van der Waals surface area (Å²) in [5.74, 6) is 1.24. The van der Waals surface area contributed by atoms with Crippen LogP contribution in [-0.2, 0) is 17.8 Å². The van der Waals surface area contributed by atoms with E-state index < -0.39 is 0 Å². The van der Waals surface area contributed by atoms with Crippen LogP contribution in [0.4, 0.5) is 0 Å². The highest BCUT2D eigenvalue weighted by molar-refractivity contribution is 5.80. The second-order valence-electron chi connectivity index (χ2n) is 7.53. The quantitative estimate of drug-likeness (QED) is 0.662. The van der Waals surface area contributed by atoms with Crippen molar-refractivity contribution in [3.63, 3.8) is 0 Å². The van der Waals surface area contributed by atoms with Crippen molar-refractivity contribution >= 4 is 16.8 Å². The summed E-state index contributed by atoms with van der Waals surface area (Å²) in [5, 5.41) is 14.0. The lowest BCUT2D eigenvalue weighted by Crippen LogP contribution is -2.41. The minimum absolute atomic E-state index is 0.00954. The molecule has 0 bridgehead atoms. The molecule has 0 spiro atoms. The van der Waals surface area contributed by atoms with Crippen LogP contribution in [0.2, 0.25) is 0 Å². The molecule has 2 aromatic heterocycles. The van der Waals surface area contributed by atoms with Crippen molar-refractivity contribution < 1.29 is 9.90 Å². The first-order chi connectivity index (χ1) is 13.6. The molecule has 6 nitrogen and oxygen atoms in total. The third kappa shape index (κ3) is 3.92. The van der Waals surface area contributed by atoms with Crippen LogP contribution >= 0.6 is 0 Å². The number of nitrogens with one attached hydrogen (secondary N) is 1. The molecule has 1 aromatic carbocycles. The predicted octanol–water partition coefficient (Wildman–Crippen LogP) is 3.01. The topological polar surface area (TPSA) is 80.0 Å². The molecule has 6 heteroatoms. The molecule has 4 rings (SSSR count). The van der Waals surface area contributed by atoms with Crippen LogP contribution in [0.25, 0.3) is 10.9 Å². The Hall–Kier alpha value is -2.73. The van der Waals surface area contributed by atoms with E-state index in [1.165, 1.54) is 0 Å². The molecule has 1 aliphatic carbocycles. The highest BCUT2D eigenvalue weighted by Gasteiger charge is 2.35. The fourth-order valence-corrected chi connectivity index (χ4v) is 3.96. The van der Waals surface area contributed by atoms with Gasteiger partial charge in [0.05, 0.1) is 17.7 Å². The molecular weight excluding hydrogens is 352 g/mol. The molecule has 146 valence electrons. The Balaban J connectivity index is 1.48. The molecule has 0 radical (unpaired) electrons. The van der Waals surface area contributed by atoms with Crippen LogP contribution in [0.3, 0.4) is 0 Å². The average Bonchev–Trinajstić information content (AvgIpc) is 3.15. The van der Waals surface area contributed by atoms with Gasteiger partial charge in [-0.05, 0) is 36.5 Å². The van der Waals surface area contributed by atoms with E-state index in [0.717, 1.165) is 28.7 Å². The van der Waals surface area contributed by atoms with Crippen molar-refractivity contribution in [1.29, 1.82) is 0 Å². The summed E-state index contributed by atoms with van der Waals surface area (Å²) in [5.41, 5.74) is 1.94. The Labute approximate surface area is 164 Å². The van der Waals surface area contributed by atoms with Gasteiger partial charge < -0.3 is 15.0 Å². The van der Waals surface area contributed by atoms with E-state index in [0.29, 0.717) is 25.8 Å². The SMILES string of the molecule is CCc1nccn1CCC(=O)N[C@H](c1cnc2ccccc2c1)C1CC(O)C1. The van der Waals surface area contributed by atoms with Gasteiger partial charge in [-0.3, -0.25) is 9.78 Å². The second kappa shape index (κ2) is 8.10. The average molecular weight is 378 g/mol. The maximum atomic E-state index is 12.7. The third-order valence-electron chi connectivity index (χ3n) is 5.61. The molecule has 1 atom stereocenters. The largest absolute Gasteiger partial charge is 0.393 e. The summed E-state index contributed by atoms with van der Waals surface area (Å²) >= 11 is 0.